The zero-order valence-corrected chi connectivity index (χ0v) is 7.82. The molecule has 0 aromatic heterocycles. The highest BCUT2D eigenvalue weighted by molar-refractivity contribution is 5.56. The number of rotatable bonds is 2. The molecular formula is C9H16O3. The molecule has 0 radical (unpaired) electrons. The Bertz CT molecular complexity index is 158. The van der Waals surface area contributed by atoms with Crippen molar-refractivity contribution in [2.75, 3.05) is 7.11 Å². The number of methoxy groups -OCH3 is 1. The summed E-state index contributed by atoms with van der Waals surface area (Å²) in [6.07, 6.45) is 1.35. The predicted octanol–water partition coefficient (Wildman–Crippen LogP) is 1.22. The van der Waals surface area contributed by atoms with Gasteiger partial charge in [0.15, 0.2) is 6.29 Å². The van der Waals surface area contributed by atoms with Gasteiger partial charge in [-0.05, 0) is 12.3 Å². The van der Waals surface area contributed by atoms with Crippen molar-refractivity contribution < 1.29 is 14.3 Å². The van der Waals surface area contributed by atoms with Crippen LogP contribution in [0.25, 0.3) is 0 Å². The average Bonchev–Trinajstić information content (AvgIpc) is 2.05. The topological polar surface area (TPSA) is 35.5 Å². The molecule has 12 heavy (non-hydrogen) atoms. The largest absolute Gasteiger partial charge is 0.356 e. The predicted molar refractivity (Wildman–Crippen MR) is 44.7 cm³/mol. The summed E-state index contributed by atoms with van der Waals surface area (Å²) in [6, 6.07) is 0. The summed E-state index contributed by atoms with van der Waals surface area (Å²) in [5, 5.41) is 0. The van der Waals surface area contributed by atoms with Crippen molar-refractivity contribution in [1.82, 2.24) is 0 Å². The molecule has 0 spiro atoms. The first-order chi connectivity index (χ1) is 5.69. The van der Waals surface area contributed by atoms with Gasteiger partial charge in [-0.3, -0.25) is 0 Å². The van der Waals surface area contributed by atoms with Crippen LogP contribution >= 0.6 is 0 Å². The summed E-state index contributed by atoms with van der Waals surface area (Å²) in [5.74, 6) is 0.685. The fourth-order valence-electron chi connectivity index (χ4n) is 1.71. The van der Waals surface area contributed by atoms with Crippen molar-refractivity contribution in [1.29, 1.82) is 0 Å². The lowest BCUT2D eigenvalue weighted by atomic mass is 9.90. The molecule has 0 aliphatic carbocycles. The molecule has 0 saturated carbocycles. The van der Waals surface area contributed by atoms with Gasteiger partial charge in [-0.15, -0.1) is 0 Å². The Hall–Kier alpha value is -0.410. The summed E-state index contributed by atoms with van der Waals surface area (Å²) < 4.78 is 10.5. The second-order valence-corrected chi connectivity index (χ2v) is 3.53. The van der Waals surface area contributed by atoms with Crippen molar-refractivity contribution in [3.63, 3.8) is 0 Å². The molecule has 1 aliphatic rings. The Morgan fingerprint density at radius 1 is 1.42 bits per heavy atom. The van der Waals surface area contributed by atoms with E-state index in [1.165, 1.54) is 0 Å². The first-order valence-electron chi connectivity index (χ1n) is 4.32. The maximum atomic E-state index is 10.6. The van der Waals surface area contributed by atoms with Crippen LogP contribution in [-0.2, 0) is 14.3 Å². The second-order valence-electron chi connectivity index (χ2n) is 3.53. The maximum Gasteiger partial charge on any atom is 0.160 e. The van der Waals surface area contributed by atoms with Crippen LogP contribution in [0, 0.1) is 11.8 Å². The van der Waals surface area contributed by atoms with E-state index in [1.54, 1.807) is 7.11 Å². The van der Waals surface area contributed by atoms with Gasteiger partial charge in [0, 0.05) is 13.0 Å². The minimum absolute atomic E-state index is 0.212. The van der Waals surface area contributed by atoms with Crippen LogP contribution in [0.15, 0.2) is 0 Å². The van der Waals surface area contributed by atoms with E-state index in [-0.39, 0.29) is 12.4 Å². The molecule has 0 amide bonds. The first-order valence-corrected chi connectivity index (χ1v) is 4.32. The Kier molecular flexibility index (Phi) is 3.23. The van der Waals surface area contributed by atoms with E-state index in [2.05, 4.69) is 6.92 Å². The van der Waals surface area contributed by atoms with Gasteiger partial charge in [0.2, 0.25) is 0 Å². The van der Waals surface area contributed by atoms with Gasteiger partial charge < -0.3 is 14.3 Å². The summed E-state index contributed by atoms with van der Waals surface area (Å²) in [5.41, 5.74) is 0. The van der Waals surface area contributed by atoms with E-state index in [4.69, 9.17) is 9.47 Å². The van der Waals surface area contributed by atoms with Crippen LogP contribution in [0.5, 0.6) is 0 Å². The lowest BCUT2D eigenvalue weighted by molar-refractivity contribution is -0.214. The van der Waals surface area contributed by atoms with Gasteiger partial charge in [0.1, 0.15) is 12.4 Å². The molecule has 0 unspecified atom stereocenters. The molecule has 1 fully saturated rings. The summed E-state index contributed by atoms with van der Waals surface area (Å²) in [4.78, 5) is 10.6. The lowest BCUT2D eigenvalue weighted by Gasteiger charge is -2.35. The molecule has 1 aliphatic heterocycles. The molecule has 1 saturated heterocycles. The highest BCUT2D eigenvalue weighted by Crippen LogP contribution is 2.28. The summed E-state index contributed by atoms with van der Waals surface area (Å²) in [6.45, 7) is 4.10. The van der Waals surface area contributed by atoms with Gasteiger partial charge in [-0.2, -0.15) is 0 Å². The molecule has 3 heteroatoms. The molecule has 1 rings (SSSR count). The number of ether oxygens (including phenoxy) is 2. The van der Waals surface area contributed by atoms with Crippen LogP contribution < -0.4 is 0 Å². The van der Waals surface area contributed by atoms with Crippen LogP contribution in [0.1, 0.15) is 20.3 Å². The standard InChI is InChI=1S/C9H16O3/c1-6-4-7(2)9(11-3)12-8(6)5-10/h5-9H,4H2,1-3H3/t6-,7+,8+,9+/m0/s1. The number of carbonyl (C=O) groups excluding carboxylic acids is 1. The van der Waals surface area contributed by atoms with Gasteiger partial charge >= 0.3 is 0 Å². The third-order valence-corrected chi connectivity index (χ3v) is 2.43. The van der Waals surface area contributed by atoms with Gasteiger partial charge in [0.05, 0.1) is 0 Å². The van der Waals surface area contributed by atoms with Crippen molar-refractivity contribution in [3.8, 4) is 0 Å². The minimum Gasteiger partial charge on any atom is -0.356 e. The Balaban J connectivity index is 2.56. The Morgan fingerprint density at radius 3 is 2.58 bits per heavy atom. The molecule has 70 valence electrons. The van der Waals surface area contributed by atoms with Crippen LogP contribution in [-0.4, -0.2) is 25.8 Å². The monoisotopic (exact) mass is 172 g/mol. The average molecular weight is 172 g/mol. The molecule has 4 atom stereocenters. The summed E-state index contributed by atoms with van der Waals surface area (Å²) in [7, 11) is 1.61. The third kappa shape index (κ3) is 1.84. The molecule has 0 aromatic rings. The maximum absolute atomic E-state index is 10.6. The normalized spacial score (nSPS) is 42.6. The van der Waals surface area contributed by atoms with Crippen molar-refractivity contribution in [2.45, 2.75) is 32.7 Å². The highest BCUT2D eigenvalue weighted by atomic mass is 16.7. The van der Waals surface area contributed by atoms with E-state index in [0.717, 1.165) is 12.7 Å². The Morgan fingerprint density at radius 2 is 2.08 bits per heavy atom. The quantitative estimate of drug-likeness (QED) is 0.587. The fraction of sp³-hybridized carbons (Fsp3) is 0.889. The zero-order valence-electron chi connectivity index (χ0n) is 7.82. The molecule has 0 N–H and O–H groups in total. The minimum atomic E-state index is -0.286. The second kappa shape index (κ2) is 4.01. The van der Waals surface area contributed by atoms with Crippen LogP contribution in [0.3, 0.4) is 0 Å². The van der Waals surface area contributed by atoms with Crippen LogP contribution in [0.4, 0.5) is 0 Å². The zero-order chi connectivity index (χ0) is 9.14. The number of aldehydes is 1. The number of hydrogen-bond donors (Lipinski definition) is 0. The van der Waals surface area contributed by atoms with Crippen molar-refractivity contribution in [3.05, 3.63) is 0 Å². The highest BCUT2D eigenvalue weighted by Gasteiger charge is 2.32. The van der Waals surface area contributed by atoms with E-state index >= 15 is 0 Å². The van der Waals surface area contributed by atoms with Gasteiger partial charge in [-0.1, -0.05) is 13.8 Å². The SMILES string of the molecule is CO[C@@H]1O[C@H](C=O)[C@@H](C)C[C@H]1C. The number of carbonyl (C=O) groups is 1. The van der Waals surface area contributed by atoms with E-state index in [0.29, 0.717) is 11.8 Å². The Labute approximate surface area is 73.0 Å². The van der Waals surface area contributed by atoms with Gasteiger partial charge in [0.25, 0.3) is 0 Å². The van der Waals surface area contributed by atoms with E-state index < -0.39 is 0 Å². The fourth-order valence-corrected chi connectivity index (χ4v) is 1.71. The number of hydrogen-bond acceptors (Lipinski definition) is 3. The van der Waals surface area contributed by atoms with Gasteiger partial charge in [-0.25, -0.2) is 0 Å². The smallest absolute Gasteiger partial charge is 0.160 e. The first kappa shape index (κ1) is 9.68. The molecule has 3 nitrogen and oxygen atoms in total. The van der Waals surface area contributed by atoms with Crippen LogP contribution in [0.2, 0.25) is 0 Å². The van der Waals surface area contributed by atoms with E-state index in [9.17, 15) is 4.79 Å². The summed E-state index contributed by atoms with van der Waals surface area (Å²) >= 11 is 0. The third-order valence-electron chi connectivity index (χ3n) is 2.43. The van der Waals surface area contributed by atoms with Crippen molar-refractivity contribution >= 4 is 6.29 Å². The van der Waals surface area contributed by atoms with E-state index in [1.807, 2.05) is 6.92 Å². The lowest BCUT2D eigenvalue weighted by Crippen LogP contribution is -2.40. The molecule has 1 heterocycles. The molecule has 0 bridgehead atoms. The van der Waals surface area contributed by atoms with Crippen molar-refractivity contribution in [2.24, 2.45) is 11.8 Å². The molecular weight excluding hydrogens is 156 g/mol. The molecule has 0 aromatic carbocycles.